The second-order valence-corrected chi connectivity index (χ2v) is 10.5. The van der Waals surface area contributed by atoms with Gasteiger partial charge in [-0.15, -0.1) is 22.7 Å². The average molecular weight is 444 g/mol. The third-order valence-electron chi connectivity index (χ3n) is 6.89. The van der Waals surface area contributed by atoms with Crippen molar-refractivity contribution in [2.24, 2.45) is 5.92 Å². The monoisotopic (exact) mass is 443 g/mol. The fourth-order valence-corrected chi connectivity index (χ4v) is 6.96. The molecular formula is C22H25N3O3S2. The highest BCUT2D eigenvalue weighted by molar-refractivity contribution is 7.10. The van der Waals surface area contributed by atoms with Crippen LogP contribution in [0.15, 0.2) is 29.0 Å². The number of hydrogen-bond acceptors (Lipinski definition) is 5. The molecule has 5 rings (SSSR count). The minimum absolute atomic E-state index is 0.0880. The number of imide groups is 1. The Morgan fingerprint density at radius 3 is 2.87 bits per heavy atom. The van der Waals surface area contributed by atoms with Crippen LogP contribution in [0.3, 0.4) is 0 Å². The minimum Gasteiger partial charge on any atom is -0.329 e. The number of carbonyl (C=O) groups excluding carboxylic acids is 3. The summed E-state index contributed by atoms with van der Waals surface area (Å²) in [4.78, 5) is 44.8. The average Bonchev–Trinajstić information content (AvgIpc) is 3.47. The maximum atomic E-state index is 13.4. The Labute approximate surface area is 183 Å². The zero-order valence-corrected chi connectivity index (χ0v) is 18.6. The van der Waals surface area contributed by atoms with Gasteiger partial charge >= 0.3 is 6.03 Å². The number of fused-ring (bicyclic) bond motifs is 1. The van der Waals surface area contributed by atoms with Crippen LogP contribution in [-0.4, -0.2) is 46.3 Å². The molecule has 0 aromatic carbocycles. The number of rotatable bonds is 3. The van der Waals surface area contributed by atoms with E-state index in [1.165, 1.54) is 4.88 Å². The topological polar surface area (TPSA) is 69.7 Å². The van der Waals surface area contributed by atoms with Gasteiger partial charge in [0.25, 0.3) is 5.91 Å². The van der Waals surface area contributed by atoms with Crippen LogP contribution in [0.4, 0.5) is 4.79 Å². The van der Waals surface area contributed by atoms with Crippen LogP contribution in [0.5, 0.6) is 0 Å². The molecule has 2 fully saturated rings. The molecule has 2 aromatic rings. The highest BCUT2D eigenvalue weighted by atomic mass is 32.1. The Kier molecular flexibility index (Phi) is 4.94. The van der Waals surface area contributed by atoms with Crippen molar-refractivity contribution >= 4 is 40.5 Å². The van der Waals surface area contributed by atoms with E-state index in [1.807, 2.05) is 23.3 Å². The Balaban J connectivity index is 1.40. The second kappa shape index (κ2) is 7.50. The van der Waals surface area contributed by atoms with Crippen molar-refractivity contribution in [3.8, 4) is 0 Å². The number of thiophene rings is 2. The number of urea groups is 1. The predicted octanol–water partition coefficient (Wildman–Crippen LogP) is 3.78. The first kappa shape index (κ1) is 19.8. The van der Waals surface area contributed by atoms with E-state index in [4.69, 9.17) is 0 Å². The molecule has 3 aliphatic rings. The van der Waals surface area contributed by atoms with E-state index in [0.29, 0.717) is 13.0 Å². The van der Waals surface area contributed by atoms with Crippen LogP contribution >= 0.6 is 22.7 Å². The maximum absolute atomic E-state index is 13.4. The summed E-state index contributed by atoms with van der Waals surface area (Å²) in [5, 5.41) is 7.04. The number of carbonyl (C=O) groups is 3. The van der Waals surface area contributed by atoms with Crippen molar-refractivity contribution in [2.45, 2.75) is 50.6 Å². The summed E-state index contributed by atoms with van der Waals surface area (Å²) >= 11 is 3.36. The van der Waals surface area contributed by atoms with Gasteiger partial charge in [-0.05, 0) is 53.6 Å². The number of amides is 4. The first-order valence-corrected chi connectivity index (χ1v) is 12.3. The summed E-state index contributed by atoms with van der Waals surface area (Å²) in [5.74, 6) is -0.312. The fourth-order valence-electron chi connectivity index (χ4n) is 5.20. The zero-order chi connectivity index (χ0) is 20.9. The standard InChI is InChI=1S/C22H25N3O3S2/c1-14-5-2-3-9-22(14)20(27)25(21(28)23-22)13-18(26)24-10-7-16-15(8-12-30-16)19(24)17-6-4-11-29-17/h4,6,8,11-12,14,19H,2-3,5,7,9-10,13H2,1H3,(H,23,28)/t14-,19-,22+/m1/s1. The van der Waals surface area contributed by atoms with Gasteiger partial charge < -0.3 is 10.2 Å². The van der Waals surface area contributed by atoms with Crippen molar-refractivity contribution in [1.29, 1.82) is 0 Å². The Bertz CT molecular complexity index is 986. The molecule has 2 aromatic heterocycles. The first-order chi connectivity index (χ1) is 14.5. The minimum atomic E-state index is -0.828. The third kappa shape index (κ3) is 3.00. The van der Waals surface area contributed by atoms with E-state index in [2.05, 4.69) is 22.8 Å². The van der Waals surface area contributed by atoms with Gasteiger partial charge in [0.15, 0.2) is 0 Å². The van der Waals surface area contributed by atoms with E-state index < -0.39 is 11.6 Å². The summed E-state index contributed by atoms with van der Waals surface area (Å²) in [5.41, 5.74) is 0.335. The quantitative estimate of drug-likeness (QED) is 0.734. The largest absolute Gasteiger partial charge is 0.329 e. The molecule has 6 nitrogen and oxygen atoms in total. The van der Waals surface area contributed by atoms with Crippen LogP contribution in [0, 0.1) is 5.92 Å². The maximum Gasteiger partial charge on any atom is 0.325 e. The first-order valence-electron chi connectivity index (χ1n) is 10.5. The normalized spacial score (nSPS) is 28.7. The van der Waals surface area contributed by atoms with E-state index in [1.54, 1.807) is 22.7 Å². The van der Waals surface area contributed by atoms with Crippen LogP contribution in [0.1, 0.15) is 54.0 Å². The molecule has 1 saturated heterocycles. The summed E-state index contributed by atoms with van der Waals surface area (Å²) in [6, 6.07) is 5.57. The molecule has 30 heavy (non-hydrogen) atoms. The molecule has 8 heteroatoms. The summed E-state index contributed by atoms with van der Waals surface area (Å²) in [7, 11) is 0. The van der Waals surface area contributed by atoms with Crippen molar-refractivity contribution in [1.82, 2.24) is 15.1 Å². The molecule has 0 unspecified atom stereocenters. The SMILES string of the molecule is C[C@@H]1CCCC[C@]12NC(=O)N(CC(=O)N1CCc3sccc3[C@@H]1c1cccs1)C2=O. The van der Waals surface area contributed by atoms with Gasteiger partial charge in [0.2, 0.25) is 5.91 Å². The molecule has 4 amide bonds. The van der Waals surface area contributed by atoms with Crippen molar-refractivity contribution < 1.29 is 14.4 Å². The van der Waals surface area contributed by atoms with E-state index in [0.717, 1.165) is 41.0 Å². The van der Waals surface area contributed by atoms with Crippen molar-refractivity contribution in [3.05, 3.63) is 44.3 Å². The van der Waals surface area contributed by atoms with Crippen LogP contribution < -0.4 is 5.32 Å². The molecule has 2 aliphatic heterocycles. The van der Waals surface area contributed by atoms with Gasteiger partial charge in [0.05, 0.1) is 6.04 Å². The lowest BCUT2D eigenvalue weighted by Crippen LogP contribution is -2.54. The lowest BCUT2D eigenvalue weighted by atomic mass is 9.73. The Morgan fingerprint density at radius 1 is 1.23 bits per heavy atom. The van der Waals surface area contributed by atoms with Crippen molar-refractivity contribution in [2.75, 3.05) is 13.1 Å². The molecule has 1 N–H and O–H groups in total. The van der Waals surface area contributed by atoms with Gasteiger partial charge in [-0.3, -0.25) is 14.5 Å². The highest BCUT2D eigenvalue weighted by Gasteiger charge is 2.55. The molecular weight excluding hydrogens is 418 g/mol. The van der Waals surface area contributed by atoms with Gasteiger partial charge in [-0.25, -0.2) is 4.79 Å². The molecule has 4 heterocycles. The fraction of sp³-hybridized carbons (Fsp3) is 0.500. The van der Waals surface area contributed by atoms with Gasteiger partial charge in [0.1, 0.15) is 12.1 Å². The Hall–Kier alpha value is -2.19. The van der Waals surface area contributed by atoms with Crippen molar-refractivity contribution in [3.63, 3.8) is 0 Å². The molecule has 158 valence electrons. The second-order valence-electron chi connectivity index (χ2n) is 8.49. The van der Waals surface area contributed by atoms with Gasteiger partial charge in [0, 0.05) is 16.3 Å². The van der Waals surface area contributed by atoms with Crippen LogP contribution in [0.25, 0.3) is 0 Å². The van der Waals surface area contributed by atoms with E-state index in [-0.39, 0.29) is 30.3 Å². The van der Waals surface area contributed by atoms with E-state index in [9.17, 15) is 14.4 Å². The summed E-state index contributed by atoms with van der Waals surface area (Å²) < 4.78 is 0. The van der Waals surface area contributed by atoms with Crippen LogP contribution in [0.2, 0.25) is 0 Å². The lowest BCUT2D eigenvalue weighted by Gasteiger charge is -2.37. The number of hydrogen-bond donors (Lipinski definition) is 1. The number of nitrogens with zero attached hydrogens (tertiary/aromatic N) is 2. The molecule has 1 saturated carbocycles. The molecule has 3 atom stereocenters. The Morgan fingerprint density at radius 2 is 2.10 bits per heavy atom. The third-order valence-corrected chi connectivity index (χ3v) is 8.81. The molecule has 1 spiro atoms. The molecule has 1 aliphatic carbocycles. The summed E-state index contributed by atoms with van der Waals surface area (Å²) in [6.07, 6.45) is 4.38. The van der Waals surface area contributed by atoms with E-state index >= 15 is 0 Å². The predicted molar refractivity (Wildman–Crippen MR) is 117 cm³/mol. The van der Waals surface area contributed by atoms with Gasteiger partial charge in [-0.2, -0.15) is 0 Å². The van der Waals surface area contributed by atoms with Gasteiger partial charge in [-0.1, -0.05) is 25.8 Å². The molecule has 0 radical (unpaired) electrons. The van der Waals surface area contributed by atoms with Crippen LogP contribution in [-0.2, 0) is 16.0 Å². The lowest BCUT2D eigenvalue weighted by molar-refractivity contribution is -0.141. The number of nitrogens with one attached hydrogen (secondary N) is 1. The highest BCUT2D eigenvalue weighted by Crippen LogP contribution is 2.41. The summed E-state index contributed by atoms with van der Waals surface area (Å²) in [6.45, 7) is 2.43. The smallest absolute Gasteiger partial charge is 0.325 e. The molecule has 0 bridgehead atoms. The zero-order valence-electron chi connectivity index (χ0n) is 16.9.